The molecule has 154 valence electrons. The van der Waals surface area contributed by atoms with Gasteiger partial charge < -0.3 is 10.2 Å². The Morgan fingerprint density at radius 2 is 1.57 bits per heavy atom. The summed E-state index contributed by atoms with van der Waals surface area (Å²) in [6.45, 7) is 2.51. The lowest BCUT2D eigenvalue weighted by Crippen LogP contribution is -3.15. The molecule has 0 bridgehead atoms. The summed E-state index contributed by atoms with van der Waals surface area (Å²) in [6.07, 6.45) is 6.51. The number of fused-ring (bicyclic) bond motifs is 3. The van der Waals surface area contributed by atoms with Crippen LogP contribution < -0.4 is 10.2 Å². The van der Waals surface area contributed by atoms with E-state index in [1.807, 2.05) is 0 Å². The van der Waals surface area contributed by atoms with Crippen molar-refractivity contribution in [2.24, 2.45) is 11.8 Å². The number of quaternary nitrogens is 1. The lowest BCUT2D eigenvalue weighted by atomic mass is 9.75. The molecule has 5 rings (SSSR count). The molecule has 1 heterocycles. The van der Waals surface area contributed by atoms with Crippen molar-refractivity contribution in [3.05, 3.63) is 64.7 Å². The van der Waals surface area contributed by atoms with Gasteiger partial charge in [0.2, 0.25) is 0 Å². The molecule has 5 nitrogen and oxygen atoms in total. The number of carbonyl (C=O) groups is 3. The number of carbonyl (C=O) groups excluding carboxylic acids is 3. The molecule has 2 aromatic rings. The Morgan fingerprint density at radius 3 is 2.37 bits per heavy atom. The molecule has 2 aromatic carbocycles. The molecular weight excluding hydrogens is 376 g/mol. The van der Waals surface area contributed by atoms with E-state index in [9.17, 15) is 14.4 Å². The third-order valence-electron chi connectivity index (χ3n) is 7.12. The Morgan fingerprint density at radius 1 is 0.867 bits per heavy atom. The van der Waals surface area contributed by atoms with Crippen LogP contribution in [0.5, 0.6) is 0 Å². The number of piperidine rings is 1. The van der Waals surface area contributed by atoms with Crippen LogP contribution in [-0.2, 0) is 4.79 Å². The Bertz CT molecular complexity index is 1030. The summed E-state index contributed by atoms with van der Waals surface area (Å²) in [4.78, 5) is 40.1. The molecule has 1 aliphatic heterocycles. The molecule has 30 heavy (non-hydrogen) atoms. The number of likely N-dealkylation sites (tertiary alicyclic amines) is 1. The van der Waals surface area contributed by atoms with E-state index in [4.69, 9.17) is 0 Å². The molecule has 3 aliphatic rings. The van der Waals surface area contributed by atoms with Crippen LogP contribution in [-0.4, -0.2) is 37.1 Å². The van der Waals surface area contributed by atoms with Crippen LogP contribution in [0.1, 0.15) is 63.9 Å². The van der Waals surface area contributed by atoms with Crippen LogP contribution in [0.15, 0.2) is 42.5 Å². The molecule has 0 radical (unpaired) electrons. The van der Waals surface area contributed by atoms with E-state index in [1.54, 1.807) is 42.5 Å². The van der Waals surface area contributed by atoms with Crippen LogP contribution in [0.3, 0.4) is 0 Å². The van der Waals surface area contributed by atoms with Gasteiger partial charge in [0.25, 0.3) is 5.91 Å². The fourth-order valence-electron chi connectivity index (χ4n) is 5.63. The zero-order chi connectivity index (χ0) is 20.7. The summed E-state index contributed by atoms with van der Waals surface area (Å²) in [5, 5.41) is 2.94. The number of amides is 1. The van der Waals surface area contributed by atoms with Gasteiger partial charge >= 0.3 is 0 Å². The lowest BCUT2D eigenvalue weighted by Gasteiger charge is -2.38. The van der Waals surface area contributed by atoms with Gasteiger partial charge in [-0.3, -0.25) is 14.4 Å². The highest BCUT2D eigenvalue weighted by Gasteiger charge is 2.35. The maximum Gasteiger partial charge on any atom is 0.279 e. The van der Waals surface area contributed by atoms with Crippen LogP contribution in [0, 0.1) is 11.8 Å². The Balaban J connectivity index is 1.33. The normalized spacial score (nSPS) is 25.1. The minimum absolute atomic E-state index is 0.0910. The van der Waals surface area contributed by atoms with Crippen molar-refractivity contribution in [2.75, 3.05) is 25.0 Å². The zero-order valence-electron chi connectivity index (χ0n) is 17.1. The minimum Gasteiger partial charge on any atom is -0.327 e. The molecule has 1 saturated heterocycles. The number of anilines is 1. The molecule has 2 N–H and O–H groups in total. The second-order valence-corrected chi connectivity index (χ2v) is 8.95. The summed E-state index contributed by atoms with van der Waals surface area (Å²) >= 11 is 0. The highest BCUT2D eigenvalue weighted by atomic mass is 16.2. The van der Waals surface area contributed by atoms with Gasteiger partial charge in [0.15, 0.2) is 18.1 Å². The monoisotopic (exact) mass is 403 g/mol. The maximum atomic E-state index is 13.1. The quantitative estimate of drug-likeness (QED) is 0.706. The van der Waals surface area contributed by atoms with Gasteiger partial charge in [0.05, 0.1) is 24.3 Å². The molecule has 1 amide bonds. The first-order valence-corrected chi connectivity index (χ1v) is 11.1. The zero-order valence-corrected chi connectivity index (χ0v) is 17.1. The van der Waals surface area contributed by atoms with Gasteiger partial charge in [-0.25, -0.2) is 0 Å². The molecule has 0 spiro atoms. The standard InChI is InChI=1S/C25H26N2O3/c28-22(15-27-13-12-16-6-1-2-7-17(16)14-27)26-21-11-5-10-20-23(21)25(30)19-9-4-3-8-18(19)24(20)29/h3-5,8-11,16-17H,1-2,6-7,12-15H2,(H,26,28)/p+1/t16-,17+/m0/s1. The molecule has 3 atom stereocenters. The highest BCUT2D eigenvalue weighted by Crippen LogP contribution is 2.33. The van der Waals surface area contributed by atoms with Crippen molar-refractivity contribution in [1.29, 1.82) is 0 Å². The summed E-state index contributed by atoms with van der Waals surface area (Å²) < 4.78 is 0. The largest absolute Gasteiger partial charge is 0.327 e. The third kappa shape index (κ3) is 3.37. The smallest absolute Gasteiger partial charge is 0.279 e. The van der Waals surface area contributed by atoms with Crippen LogP contribution >= 0.6 is 0 Å². The topological polar surface area (TPSA) is 67.7 Å². The average Bonchev–Trinajstić information content (AvgIpc) is 2.77. The average molecular weight is 404 g/mol. The fraction of sp³-hybridized carbons (Fsp3) is 0.400. The summed E-state index contributed by atoms with van der Waals surface area (Å²) in [6, 6.07) is 12.0. The highest BCUT2D eigenvalue weighted by molar-refractivity contribution is 6.30. The third-order valence-corrected chi connectivity index (χ3v) is 7.12. The SMILES string of the molecule is O=C(C[NH+]1CC[C@@H]2CCCC[C@@H]2C1)Nc1cccc2c1C(=O)c1ccccc1C2=O. The number of benzene rings is 2. The first kappa shape index (κ1) is 19.2. The second kappa shape index (κ2) is 7.80. The van der Waals surface area contributed by atoms with E-state index in [1.165, 1.54) is 37.0 Å². The number of hydrogen-bond donors (Lipinski definition) is 2. The Hall–Kier alpha value is -2.79. The molecule has 5 heteroatoms. The second-order valence-electron chi connectivity index (χ2n) is 8.95. The van der Waals surface area contributed by atoms with Crippen LogP contribution in [0.4, 0.5) is 5.69 Å². The number of rotatable bonds is 3. The number of nitrogens with one attached hydrogen (secondary N) is 2. The fourth-order valence-corrected chi connectivity index (χ4v) is 5.63. The van der Waals surface area contributed by atoms with Crippen molar-refractivity contribution < 1.29 is 19.3 Å². The van der Waals surface area contributed by atoms with Crippen molar-refractivity contribution in [3.8, 4) is 0 Å². The van der Waals surface area contributed by atoms with Gasteiger partial charge in [-0.2, -0.15) is 0 Å². The van der Waals surface area contributed by atoms with Crippen molar-refractivity contribution in [3.63, 3.8) is 0 Å². The molecule has 0 aromatic heterocycles. The van der Waals surface area contributed by atoms with Gasteiger partial charge in [0.1, 0.15) is 0 Å². The van der Waals surface area contributed by atoms with Gasteiger partial charge in [0, 0.05) is 22.6 Å². The Kier molecular flexibility index (Phi) is 4.99. The van der Waals surface area contributed by atoms with Crippen molar-refractivity contribution in [2.45, 2.75) is 32.1 Å². The van der Waals surface area contributed by atoms with Crippen LogP contribution in [0.25, 0.3) is 0 Å². The van der Waals surface area contributed by atoms with E-state index in [-0.39, 0.29) is 17.5 Å². The van der Waals surface area contributed by atoms with E-state index in [0.717, 1.165) is 24.9 Å². The number of ketones is 2. The van der Waals surface area contributed by atoms with Gasteiger partial charge in [-0.1, -0.05) is 49.2 Å². The summed E-state index contributed by atoms with van der Waals surface area (Å²) in [5.41, 5.74) is 1.96. The van der Waals surface area contributed by atoms with E-state index >= 15 is 0 Å². The van der Waals surface area contributed by atoms with Crippen molar-refractivity contribution in [1.82, 2.24) is 0 Å². The van der Waals surface area contributed by atoms with Gasteiger partial charge in [-0.05, 0) is 31.2 Å². The molecular formula is C25H27N2O3+. The van der Waals surface area contributed by atoms with E-state index < -0.39 is 0 Å². The predicted octanol–water partition coefficient (Wildman–Crippen LogP) is 2.50. The van der Waals surface area contributed by atoms with Gasteiger partial charge in [-0.15, -0.1) is 0 Å². The molecule has 1 unspecified atom stereocenters. The summed E-state index contributed by atoms with van der Waals surface area (Å²) in [5.74, 6) is 1.13. The van der Waals surface area contributed by atoms with E-state index in [2.05, 4.69) is 5.32 Å². The first-order valence-electron chi connectivity index (χ1n) is 11.1. The molecule has 1 saturated carbocycles. The molecule has 2 fully saturated rings. The van der Waals surface area contributed by atoms with Crippen LogP contribution in [0.2, 0.25) is 0 Å². The Labute approximate surface area is 176 Å². The van der Waals surface area contributed by atoms with Crippen molar-refractivity contribution >= 4 is 23.2 Å². The number of hydrogen-bond acceptors (Lipinski definition) is 3. The summed E-state index contributed by atoms with van der Waals surface area (Å²) in [7, 11) is 0. The predicted molar refractivity (Wildman–Crippen MR) is 114 cm³/mol. The minimum atomic E-state index is -0.202. The first-order chi connectivity index (χ1) is 14.6. The maximum absolute atomic E-state index is 13.1. The molecule has 2 aliphatic carbocycles. The lowest BCUT2D eigenvalue weighted by molar-refractivity contribution is -0.902. The van der Waals surface area contributed by atoms with E-state index in [0.29, 0.717) is 34.5 Å².